The summed E-state index contributed by atoms with van der Waals surface area (Å²) >= 11 is 0. The first-order chi connectivity index (χ1) is 7.26. The Morgan fingerprint density at radius 3 is 2.50 bits per heavy atom. The van der Waals surface area contributed by atoms with Gasteiger partial charge in [0.25, 0.3) is 0 Å². The standard InChI is InChI=1S/C14H24O2/c1-6-16-11(2)7-14(5)9-12(15)8-13(3,4)10-14/h2,6-10H2,1,3-5H3. The fraction of sp³-hybridized carbons (Fsp3) is 0.786. The quantitative estimate of drug-likeness (QED) is 0.680. The minimum atomic E-state index is 0.0328. The minimum absolute atomic E-state index is 0.0328. The Hall–Kier alpha value is -0.790. The maximum atomic E-state index is 11.8. The number of Topliss-reactive ketones (excluding diaryl/α,β-unsaturated/α-hetero) is 1. The van der Waals surface area contributed by atoms with Gasteiger partial charge in [0.05, 0.1) is 12.4 Å². The van der Waals surface area contributed by atoms with E-state index in [1.54, 1.807) is 0 Å². The smallest absolute Gasteiger partial charge is 0.134 e. The molecule has 0 radical (unpaired) electrons. The van der Waals surface area contributed by atoms with Crippen molar-refractivity contribution in [3.63, 3.8) is 0 Å². The second kappa shape index (κ2) is 4.60. The summed E-state index contributed by atoms with van der Waals surface area (Å²) in [6.45, 7) is 13.1. The molecule has 0 aliphatic heterocycles. The lowest BCUT2D eigenvalue weighted by atomic mass is 9.62. The highest BCUT2D eigenvalue weighted by Gasteiger charge is 2.40. The van der Waals surface area contributed by atoms with Gasteiger partial charge in [-0.2, -0.15) is 0 Å². The minimum Gasteiger partial charge on any atom is -0.499 e. The lowest BCUT2D eigenvalue weighted by molar-refractivity contribution is -0.127. The molecule has 1 atom stereocenters. The normalized spacial score (nSPS) is 28.9. The Morgan fingerprint density at radius 1 is 1.38 bits per heavy atom. The van der Waals surface area contributed by atoms with Crippen LogP contribution in [0.1, 0.15) is 53.4 Å². The zero-order valence-electron chi connectivity index (χ0n) is 11.1. The molecule has 92 valence electrons. The highest BCUT2D eigenvalue weighted by molar-refractivity contribution is 5.80. The van der Waals surface area contributed by atoms with Gasteiger partial charge >= 0.3 is 0 Å². The van der Waals surface area contributed by atoms with E-state index < -0.39 is 0 Å². The average molecular weight is 224 g/mol. The lowest BCUT2D eigenvalue weighted by Gasteiger charge is -2.42. The van der Waals surface area contributed by atoms with Gasteiger partial charge in [0.1, 0.15) is 5.78 Å². The van der Waals surface area contributed by atoms with Crippen LogP contribution in [0.2, 0.25) is 0 Å². The second-order valence-electron chi connectivity index (χ2n) is 6.19. The molecule has 2 heteroatoms. The van der Waals surface area contributed by atoms with Crippen LogP contribution in [0.3, 0.4) is 0 Å². The molecule has 0 bridgehead atoms. The van der Waals surface area contributed by atoms with Crippen molar-refractivity contribution in [3.8, 4) is 0 Å². The average Bonchev–Trinajstić information content (AvgIpc) is 1.96. The number of ketones is 1. The molecule has 0 aromatic rings. The molecule has 0 heterocycles. The van der Waals surface area contributed by atoms with Gasteiger partial charge in [0.15, 0.2) is 0 Å². The van der Waals surface area contributed by atoms with E-state index in [1.807, 2.05) is 6.92 Å². The summed E-state index contributed by atoms with van der Waals surface area (Å²) in [6, 6.07) is 0. The number of ether oxygens (including phenoxy) is 1. The Morgan fingerprint density at radius 2 is 2.00 bits per heavy atom. The van der Waals surface area contributed by atoms with Crippen LogP contribution >= 0.6 is 0 Å². The van der Waals surface area contributed by atoms with Crippen molar-refractivity contribution >= 4 is 5.78 Å². The van der Waals surface area contributed by atoms with Crippen molar-refractivity contribution in [3.05, 3.63) is 12.3 Å². The Kier molecular flexibility index (Phi) is 3.82. The summed E-state index contributed by atoms with van der Waals surface area (Å²) in [7, 11) is 0. The first-order valence-electron chi connectivity index (χ1n) is 6.09. The number of hydrogen-bond donors (Lipinski definition) is 0. The predicted molar refractivity (Wildman–Crippen MR) is 66.1 cm³/mol. The molecular weight excluding hydrogens is 200 g/mol. The molecule has 1 fully saturated rings. The Bertz CT molecular complexity index is 291. The van der Waals surface area contributed by atoms with Gasteiger partial charge in [-0.25, -0.2) is 0 Å². The highest BCUT2D eigenvalue weighted by Crippen LogP contribution is 2.47. The van der Waals surface area contributed by atoms with Gasteiger partial charge in [-0.05, 0) is 24.2 Å². The second-order valence-corrected chi connectivity index (χ2v) is 6.19. The van der Waals surface area contributed by atoms with Crippen molar-refractivity contribution in [2.75, 3.05) is 6.61 Å². The van der Waals surface area contributed by atoms with E-state index in [4.69, 9.17) is 4.74 Å². The van der Waals surface area contributed by atoms with Crippen molar-refractivity contribution < 1.29 is 9.53 Å². The monoisotopic (exact) mass is 224 g/mol. The molecular formula is C14H24O2. The van der Waals surface area contributed by atoms with E-state index in [0.29, 0.717) is 25.2 Å². The first-order valence-corrected chi connectivity index (χ1v) is 6.09. The molecule has 0 spiro atoms. The zero-order valence-corrected chi connectivity index (χ0v) is 11.1. The maximum Gasteiger partial charge on any atom is 0.134 e. The fourth-order valence-corrected chi connectivity index (χ4v) is 3.21. The maximum absolute atomic E-state index is 11.8. The van der Waals surface area contributed by atoms with Gasteiger partial charge < -0.3 is 4.74 Å². The molecule has 1 rings (SSSR count). The number of allylic oxidation sites excluding steroid dienone is 1. The predicted octanol–water partition coefficient (Wildman–Crippen LogP) is 3.71. The van der Waals surface area contributed by atoms with Crippen molar-refractivity contribution in [1.29, 1.82) is 0 Å². The molecule has 0 N–H and O–H groups in total. The van der Waals surface area contributed by atoms with E-state index in [9.17, 15) is 4.79 Å². The molecule has 2 nitrogen and oxygen atoms in total. The van der Waals surface area contributed by atoms with E-state index in [-0.39, 0.29) is 10.8 Å². The van der Waals surface area contributed by atoms with Crippen LogP contribution in [0.5, 0.6) is 0 Å². The number of carbonyl (C=O) groups excluding carboxylic acids is 1. The van der Waals surface area contributed by atoms with Crippen LogP contribution < -0.4 is 0 Å². The Labute approximate surface area is 99.1 Å². The molecule has 1 unspecified atom stereocenters. The van der Waals surface area contributed by atoms with Crippen LogP contribution in [0.25, 0.3) is 0 Å². The molecule has 1 saturated carbocycles. The summed E-state index contributed by atoms with van der Waals surface area (Å²) < 4.78 is 5.41. The van der Waals surface area contributed by atoms with Crippen molar-refractivity contribution in [1.82, 2.24) is 0 Å². The van der Waals surface area contributed by atoms with Gasteiger partial charge in [-0.3, -0.25) is 4.79 Å². The van der Waals surface area contributed by atoms with Crippen molar-refractivity contribution in [2.24, 2.45) is 10.8 Å². The third-order valence-electron chi connectivity index (χ3n) is 3.18. The SMILES string of the molecule is C=C(CC1(C)CC(=O)CC(C)(C)C1)OCC. The highest BCUT2D eigenvalue weighted by atomic mass is 16.5. The van der Waals surface area contributed by atoms with Crippen LogP contribution in [0.15, 0.2) is 12.3 Å². The fourth-order valence-electron chi connectivity index (χ4n) is 3.21. The summed E-state index contributed by atoms with van der Waals surface area (Å²) in [5.41, 5.74) is 0.154. The van der Waals surface area contributed by atoms with Crippen LogP contribution in [0.4, 0.5) is 0 Å². The van der Waals surface area contributed by atoms with Gasteiger partial charge in [-0.15, -0.1) is 0 Å². The van der Waals surface area contributed by atoms with E-state index in [1.165, 1.54) is 0 Å². The lowest BCUT2D eigenvalue weighted by Crippen LogP contribution is -2.36. The number of rotatable bonds is 4. The van der Waals surface area contributed by atoms with Crippen LogP contribution in [-0.4, -0.2) is 12.4 Å². The van der Waals surface area contributed by atoms with Crippen molar-refractivity contribution in [2.45, 2.75) is 53.4 Å². The summed E-state index contributed by atoms with van der Waals surface area (Å²) in [5.74, 6) is 1.19. The zero-order chi connectivity index (χ0) is 12.4. The molecule has 0 amide bonds. The van der Waals surface area contributed by atoms with E-state index in [0.717, 1.165) is 18.6 Å². The molecule has 1 aliphatic carbocycles. The topological polar surface area (TPSA) is 26.3 Å². The molecule has 0 saturated heterocycles. The third kappa shape index (κ3) is 3.66. The molecule has 16 heavy (non-hydrogen) atoms. The molecule has 0 aromatic heterocycles. The summed E-state index contributed by atoms with van der Waals surface area (Å²) in [6.07, 6.45) is 3.25. The van der Waals surface area contributed by atoms with Crippen LogP contribution in [-0.2, 0) is 9.53 Å². The Balaban J connectivity index is 2.68. The largest absolute Gasteiger partial charge is 0.499 e. The van der Waals surface area contributed by atoms with Crippen LogP contribution in [0, 0.1) is 10.8 Å². The molecule has 0 aromatic carbocycles. The van der Waals surface area contributed by atoms with Gasteiger partial charge in [0, 0.05) is 19.3 Å². The summed E-state index contributed by atoms with van der Waals surface area (Å²) in [4.78, 5) is 11.8. The van der Waals surface area contributed by atoms with E-state index in [2.05, 4.69) is 27.4 Å². The third-order valence-corrected chi connectivity index (χ3v) is 3.18. The first kappa shape index (κ1) is 13.3. The number of carbonyl (C=O) groups is 1. The van der Waals surface area contributed by atoms with E-state index >= 15 is 0 Å². The summed E-state index contributed by atoms with van der Waals surface area (Å²) in [5, 5.41) is 0. The van der Waals surface area contributed by atoms with Gasteiger partial charge in [-0.1, -0.05) is 27.4 Å². The number of hydrogen-bond acceptors (Lipinski definition) is 2. The van der Waals surface area contributed by atoms with Gasteiger partial charge in [0.2, 0.25) is 0 Å². The molecule has 1 aliphatic rings.